The normalized spacial score (nSPS) is 18.8. The Morgan fingerprint density at radius 1 is 1.10 bits per heavy atom. The van der Waals surface area contributed by atoms with Crippen molar-refractivity contribution in [1.82, 2.24) is 10.2 Å². The predicted molar refractivity (Wildman–Crippen MR) is 118 cm³/mol. The van der Waals surface area contributed by atoms with Gasteiger partial charge in [0.05, 0.1) is 6.42 Å². The summed E-state index contributed by atoms with van der Waals surface area (Å²) >= 11 is 0. The molecule has 2 aliphatic heterocycles. The maximum absolute atomic E-state index is 13.8. The van der Waals surface area contributed by atoms with Gasteiger partial charge < -0.3 is 10.2 Å². The highest BCUT2D eigenvalue weighted by molar-refractivity contribution is 8.00. The highest BCUT2D eigenvalue weighted by atomic mass is 32.2. The molecule has 1 N–H and O–H groups in total. The molecule has 0 spiro atoms. The summed E-state index contributed by atoms with van der Waals surface area (Å²) in [6.45, 7) is 2.95. The van der Waals surface area contributed by atoms with E-state index >= 15 is 0 Å². The molecule has 2 aromatic rings. The number of amides is 1. The van der Waals surface area contributed by atoms with Gasteiger partial charge >= 0.3 is 0 Å². The lowest BCUT2D eigenvalue weighted by atomic mass is 10.0. The Hall–Kier alpha value is -3.00. The van der Waals surface area contributed by atoms with Crippen molar-refractivity contribution in [3.8, 4) is 0 Å². The van der Waals surface area contributed by atoms with Crippen molar-refractivity contribution in [3.05, 3.63) is 77.1 Å². The van der Waals surface area contributed by atoms with Crippen LogP contribution in [0.15, 0.2) is 64.6 Å². The van der Waals surface area contributed by atoms with Gasteiger partial charge in [0.15, 0.2) is 0 Å². The molecular formula is C23H24FN3O3S. The fraction of sp³-hybridized carbons (Fsp3) is 0.304. The maximum Gasteiger partial charge on any atom is 0.285 e. The molecule has 8 heteroatoms. The van der Waals surface area contributed by atoms with E-state index in [0.29, 0.717) is 48.5 Å². The predicted octanol–water partition coefficient (Wildman–Crippen LogP) is 3.12. The molecule has 0 bridgehead atoms. The number of hydrogen-bond donors (Lipinski definition) is 1. The van der Waals surface area contributed by atoms with E-state index in [-0.39, 0.29) is 29.1 Å². The van der Waals surface area contributed by atoms with Crippen LogP contribution in [0.4, 0.5) is 4.39 Å². The number of amidine groups is 1. The Labute approximate surface area is 181 Å². The molecule has 2 heterocycles. The van der Waals surface area contributed by atoms with Gasteiger partial charge in [-0.1, -0.05) is 48.5 Å². The lowest BCUT2D eigenvalue weighted by Crippen LogP contribution is -2.47. The van der Waals surface area contributed by atoms with Crippen LogP contribution in [-0.4, -0.2) is 44.2 Å². The van der Waals surface area contributed by atoms with Crippen LogP contribution in [-0.2, 0) is 21.2 Å². The Bertz CT molecular complexity index is 1150. The van der Waals surface area contributed by atoms with Crippen LogP contribution in [0.5, 0.6) is 0 Å². The van der Waals surface area contributed by atoms with Crippen LogP contribution < -0.4 is 5.32 Å². The minimum Gasteiger partial charge on any atom is -0.356 e. The summed E-state index contributed by atoms with van der Waals surface area (Å²) in [6.07, 6.45) is 1.33. The lowest BCUT2D eigenvalue weighted by molar-refractivity contribution is -0.121. The summed E-state index contributed by atoms with van der Waals surface area (Å²) in [7, 11) is -3.74. The quantitative estimate of drug-likeness (QED) is 0.791. The minimum absolute atomic E-state index is 0.000120. The van der Waals surface area contributed by atoms with Crippen molar-refractivity contribution in [3.63, 3.8) is 0 Å². The Kier molecular flexibility index (Phi) is 5.91. The lowest BCUT2D eigenvalue weighted by Gasteiger charge is -2.33. The van der Waals surface area contributed by atoms with Gasteiger partial charge in [-0.3, -0.25) is 4.79 Å². The van der Waals surface area contributed by atoms with E-state index in [0.717, 1.165) is 0 Å². The number of benzene rings is 2. The topological polar surface area (TPSA) is 78.8 Å². The van der Waals surface area contributed by atoms with E-state index in [9.17, 15) is 17.6 Å². The summed E-state index contributed by atoms with van der Waals surface area (Å²) in [5.74, 6) is -0.119. The molecule has 1 saturated heterocycles. The third kappa shape index (κ3) is 4.54. The number of piperidine rings is 1. The molecule has 0 unspecified atom stereocenters. The molecule has 0 aliphatic carbocycles. The van der Waals surface area contributed by atoms with Crippen LogP contribution in [0.25, 0.3) is 4.91 Å². The van der Waals surface area contributed by atoms with Gasteiger partial charge in [-0.05, 0) is 37.0 Å². The number of sulfonamides is 1. The molecular weight excluding hydrogens is 417 g/mol. The molecule has 162 valence electrons. The number of carbonyl (C=O) groups is 1. The Morgan fingerprint density at radius 3 is 2.42 bits per heavy atom. The number of halogens is 1. The minimum atomic E-state index is -3.74. The molecule has 2 aromatic carbocycles. The SMILES string of the molecule is CC1=C(c2ccccc2)S(=O)(=O)N=C1N1CCC(NC(=O)Cc2ccccc2F)CC1. The number of nitrogens with one attached hydrogen (secondary N) is 1. The largest absolute Gasteiger partial charge is 0.356 e. The average Bonchev–Trinajstić information content (AvgIpc) is 2.99. The third-order valence-corrected chi connectivity index (χ3v) is 7.12. The van der Waals surface area contributed by atoms with E-state index in [4.69, 9.17) is 0 Å². The van der Waals surface area contributed by atoms with E-state index in [1.165, 1.54) is 6.07 Å². The zero-order valence-corrected chi connectivity index (χ0v) is 18.0. The zero-order valence-electron chi connectivity index (χ0n) is 17.2. The first kappa shape index (κ1) is 21.2. The molecule has 1 fully saturated rings. The van der Waals surface area contributed by atoms with Gasteiger partial charge in [0.1, 0.15) is 16.6 Å². The fourth-order valence-electron chi connectivity index (χ4n) is 4.10. The zero-order chi connectivity index (χ0) is 22.0. The first-order valence-corrected chi connectivity index (χ1v) is 11.7. The van der Waals surface area contributed by atoms with E-state index < -0.39 is 10.0 Å². The van der Waals surface area contributed by atoms with E-state index in [2.05, 4.69) is 9.71 Å². The van der Waals surface area contributed by atoms with E-state index in [1.54, 1.807) is 49.4 Å². The summed E-state index contributed by atoms with van der Waals surface area (Å²) in [4.78, 5) is 14.5. The summed E-state index contributed by atoms with van der Waals surface area (Å²) in [6, 6.07) is 15.2. The Balaban J connectivity index is 1.39. The average molecular weight is 442 g/mol. The van der Waals surface area contributed by atoms with Crippen molar-refractivity contribution >= 4 is 26.7 Å². The molecule has 1 amide bonds. The summed E-state index contributed by atoms with van der Waals surface area (Å²) < 4.78 is 43.2. The van der Waals surface area contributed by atoms with Crippen LogP contribution in [0.3, 0.4) is 0 Å². The molecule has 0 aromatic heterocycles. The van der Waals surface area contributed by atoms with Crippen LogP contribution in [0, 0.1) is 5.82 Å². The van der Waals surface area contributed by atoms with Gasteiger partial charge in [0.25, 0.3) is 10.0 Å². The molecule has 2 aliphatic rings. The molecule has 6 nitrogen and oxygen atoms in total. The number of hydrogen-bond acceptors (Lipinski definition) is 4. The molecule has 4 rings (SSSR count). The number of carbonyl (C=O) groups excluding carboxylic acids is 1. The molecule has 0 saturated carbocycles. The monoisotopic (exact) mass is 441 g/mol. The third-order valence-electron chi connectivity index (χ3n) is 5.65. The summed E-state index contributed by atoms with van der Waals surface area (Å²) in [5, 5.41) is 2.97. The fourth-order valence-corrected chi connectivity index (χ4v) is 5.59. The van der Waals surface area contributed by atoms with Crippen molar-refractivity contribution in [2.24, 2.45) is 4.40 Å². The summed E-state index contributed by atoms with van der Waals surface area (Å²) in [5.41, 5.74) is 1.65. The second-order valence-corrected chi connectivity index (χ2v) is 9.35. The van der Waals surface area contributed by atoms with Crippen molar-refractivity contribution in [1.29, 1.82) is 0 Å². The van der Waals surface area contributed by atoms with Gasteiger partial charge in [-0.2, -0.15) is 8.42 Å². The standard InChI is InChI=1S/C23H24FN3O3S/c1-16-22(17-7-3-2-4-8-17)31(29,30)26-23(16)27-13-11-19(12-14-27)25-21(28)15-18-9-5-6-10-20(18)24/h2-10,19H,11-15H2,1H3,(H,25,28). The van der Waals surface area contributed by atoms with Crippen LogP contribution in [0.1, 0.15) is 30.9 Å². The highest BCUT2D eigenvalue weighted by Crippen LogP contribution is 2.34. The van der Waals surface area contributed by atoms with Crippen LogP contribution >= 0.6 is 0 Å². The number of rotatable bonds is 4. The molecule has 0 radical (unpaired) electrons. The Morgan fingerprint density at radius 2 is 1.74 bits per heavy atom. The smallest absolute Gasteiger partial charge is 0.285 e. The first-order chi connectivity index (χ1) is 14.8. The van der Waals surface area contributed by atoms with Gasteiger partial charge in [0, 0.05) is 24.7 Å². The number of nitrogens with zero attached hydrogens (tertiary/aromatic N) is 2. The maximum atomic E-state index is 13.8. The van der Waals surface area contributed by atoms with Crippen LogP contribution in [0.2, 0.25) is 0 Å². The highest BCUT2D eigenvalue weighted by Gasteiger charge is 2.34. The van der Waals surface area contributed by atoms with E-state index in [1.807, 2.05) is 11.0 Å². The molecule has 31 heavy (non-hydrogen) atoms. The molecule has 0 atom stereocenters. The van der Waals surface area contributed by atoms with Gasteiger partial charge in [-0.25, -0.2) is 4.39 Å². The van der Waals surface area contributed by atoms with Crippen molar-refractivity contribution in [2.75, 3.05) is 13.1 Å². The first-order valence-electron chi connectivity index (χ1n) is 10.2. The van der Waals surface area contributed by atoms with Gasteiger partial charge in [-0.15, -0.1) is 4.40 Å². The van der Waals surface area contributed by atoms with Crippen molar-refractivity contribution < 1.29 is 17.6 Å². The second-order valence-electron chi connectivity index (χ2n) is 7.81. The second kappa shape index (κ2) is 8.63. The van der Waals surface area contributed by atoms with Crippen molar-refractivity contribution in [2.45, 2.75) is 32.2 Å². The number of likely N-dealkylation sites (tertiary alicyclic amines) is 1. The van der Waals surface area contributed by atoms with Gasteiger partial charge in [0.2, 0.25) is 5.91 Å².